The Morgan fingerprint density at radius 2 is 2.07 bits per heavy atom. The summed E-state index contributed by atoms with van der Waals surface area (Å²) in [7, 11) is 2.30. The van der Waals surface area contributed by atoms with Crippen molar-refractivity contribution in [2.75, 3.05) is 7.11 Å². The number of hydrogen-bond acceptors (Lipinski definition) is 3. The fourth-order valence-corrected chi connectivity index (χ4v) is 1.06. The van der Waals surface area contributed by atoms with E-state index in [1.165, 1.54) is 7.05 Å². The van der Waals surface area contributed by atoms with E-state index in [2.05, 4.69) is 9.84 Å². The second-order valence-corrected chi connectivity index (χ2v) is 2.51. The number of nitrogens with zero attached hydrogens (tertiary/aromatic N) is 2. The summed E-state index contributed by atoms with van der Waals surface area (Å²) in [5.74, 6) is -0.595. The summed E-state index contributed by atoms with van der Waals surface area (Å²) in [6.45, 7) is 0. The maximum atomic E-state index is 12.4. The molecule has 0 amide bonds. The lowest BCUT2D eigenvalue weighted by atomic mass is 10.2. The van der Waals surface area contributed by atoms with Crippen molar-refractivity contribution < 1.29 is 22.7 Å². The molecule has 1 aromatic rings. The van der Waals surface area contributed by atoms with Gasteiger partial charge in [-0.3, -0.25) is 9.48 Å². The summed E-state index contributed by atoms with van der Waals surface area (Å²) in [6, 6.07) is 0. The molecule has 0 spiro atoms. The number of aromatic nitrogens is 2. The Hall–Kier alpha value is -1.53. The topological polar surface area (TPSA) is 44.1 Å². The van der Waals surface area contributed by atoms with E-state index in [0.717, 1.165) is 11.8 Å². The molecule has 7 heteroatoms. The first kappa shape index (κ1) is 10.6. The van der Waals surface area contributed by atoms with Crippen LogP contribution in [-0.4, -0.2) is 23.2 Å². The van der Waals surface area contributed by atoms with E-state index in [1.54, 1.807) is 0 Å². The second kappa shape index (κ2) is 3.32. The van der Waals surface area contributed by atoms with Gasteiger partial charge >= 0.3 is 6.18 Å². The van der Waals surface area contributed by atoms with Crippen LogP contribution in [0.3, 0.4) is 0 Å². The highest BCUT2D eigenvalue weighted by molar-refractivity contribution is 5.76. The minimum atomic E-state index is -4.64. The third-order valence-corrected chi connectivity index (χ3v) is 1.65. The van der Waals surface area contributed by atoms with E-state index >= 15 is 0 Å². The lowest BCUT2D eigenvalue weighted by molar-refractivity contribution is -0.139. The number of methoxy groups -OCH3 is 1. The number of aldehydes is 1. The van der Waals surface area contributed by atoms with Gasteiger partial charge in [-0.1, -0.05) is 0 Å². The van der Waals surface area contributed by atoms with Crippen molar-refractivity contribution in [1.82, 2.24) is 9.78 Å². The minimum Gasteiger partial charge on any atom is -0.479 e. The fraction of sp³-hybridized carbons (Fsp3) is 0.429. The lowest BCUT2D eigenvalue weighted by Gasteiger charge is -2.05. The van der Waals surface area contributed by atoms with Crippen molar-refractivity contribution in [3.8, 4) is 5.88 Å². The third kappa shape index (κ3) is 1.57. The van der Waals surface area contributed by atoms with Gasteiger partial charge in [0.2, 0.25) is 5.88 Å². The zero-order valence-electron chi connectivity index (χ0n) is 7.42. The van der Waals surface area contributed by atoms with E-state index in [1.807, 2.05) is 0 Å². The first-order chi connectivity index (χ1) is 6.41. The van der Waals surface area contributed by atoms with Gasteiger partial charge < -0.3 is 4.74 Å². The average Bonchev–Trinajstić information content (AvgIpc) is 2.40. The molecule has 1 aromatic heterocycles. The monoisotopic (exact) mass is 208 g/mol. The van der Waals surface area contributed by atoms with Crippen LogP contribution in [0.15, 0.2) is 0 Å². The zero-order valence-corrected chi connectivity index (χ0v) is 7.42. The molecule has 0 radical (unpaired) electrons. The molecule has 0 aromatic carbocycles. The molecule has 0 saturated carbocycles. The summed E-state index contributed by atoms with van der Waals surface area (Å²) in [4.78, 5) is 10.4. The molecule has 0 unspecified atom stereocenters. The molecule has 0 aliphatic carbocycles. The first-order valence-electron chi connectivity index (χ1n) is 3.55. The zero-order chi connectivity index (χ0) is 10.9. The van der Waals surface area contributed by atoms with Gasteiger partial charge in [-0.05, 0) is 0 Å². The highest BCUT2D eigenvalue weighted by Crippen LogP contribution is 2.37. The van der Waals surface area contributed by atoms with Crippen molar-refractivity contribution >= 4 is 6.29 Å². The maximum absolute atomic E-state index is 12.4. The number of hydrogen-bond donors (Lipinski definition) is 0. The van der Waals surface area contributed by atoms with Crippen LogP contribution in [0.4, 0.5) is 13.2 Å². The SMILES string of the molecule is COc1nn(C)c(C=O)c1C(F)(F)F. The van der Waals surface area contributed by atoms with Crippen LogP contribution in [0.2, 0.25) is 0 Å². The number of rotatable bonds is 2. The summed E-state index contributed by atoms with van der Waals surface area (Å²) in [5, 5.41) is 3.41. The van der Waals surface area contributed by atoms with Crippen LogP contribution in [0.1, 0.15) is 16.1 Å². The van der Waals surface area contributed by atoms with Gasteiger partial charge in [0.05, 0.1) is 7.11 Å². The number of alkyl halides is 3. The molecule has 0 bridgehead atoms. The number of ether oxygens (including phenoxy) is 1. The predicted molar refractivity (Wildman–Crippen MR) is 40.1 cm³/mol. The van der Waals surface area contributed by atoms with Crippen LogP contribution in [0, 0.1) is 0 Å². The van der Waals surface area contributed by atoms with Crippen molar-refractivity contribution in [3.63, 3.8) is 0 Å². The summed E-state index contributed by atoms with van der Waals surface area (Å²) < 4.78 is 42.5. The van der Waals surface area contributed by atoms with E-state index in [4.69, 9.17) is 0 Å². The van der Waals surface area contributed by atoms with Gasteiger partial charge in [0.1, 0.15) is 11.3 Å². The highest BCUT2D eigenvalue weighted by atomic mass is 19.4. The van der Waals surface area contributed by atoms with Crippen molar-refractivity contribution in [2.45, 2.75) is 6.18 Å². The molecule has 0 N–H and O–H groups in total. The van der Waals surface area contributed by atoms with E-state index in [0.29, 0.717) is 0 Å². The Balaban J connectivity index is 3.43. The molecule has 1 heterocycles. The summed E-state index contributed by atoms with van der Waals surface area (Å²) in [6.07, 6.45) is -4.55. The first-order valence-corrected chi connectivity index (χ1v) is 3.55. The average molecular weight is 208 g/mol. The van der Waals surface area contributed by atoms with Gasteiger partial charge in [-0.2, -0.15) is 13.2 Å². The molecular formula is C7H7F3N2O2. The van der Waals surface area contributed by atoms with Gasteiger partial charge in [-0.15, -0.1) is 5.10 Å². The number of carbonyl (C=O) groups is 1. The molecule has 4 nitrogen and oxygen atoms in total. The smallest absolute Gasteiger partial charge is 0.423 e. The van der Waals surface area contributed by atoms with E-state index < -0.39 is 23.3 Å². The quantitative estimate of drug-likeness (QED) is 0.687. The van der Waals surface area contributed by atoms with Crippen molar-refractivity contribution in [3.05, 3.63) is 11.3 Å². The second-order valence-electron chi connectivity index (χ2n) is 2.51. The third-order valence-electron chi connectivity index (χ3n) is 1.65. The van der Waals surface area contributed by atoms with Crippen LogP contribution < -0.4 is 4.74 Å². The molecule has 0 saturated heterocycles. The van der Waals surface area contributed by atoms with Crippen LogP contribution in [0.25, 0.3) is 0 Å². The summed E-state index contributed by atoms with van der Waals surface area (Å²) in [5.41, 5.74) is -1.69. The molecule has 0 atom stereocenters. The molecule has 1 rings (SSSR count). The number of carbonyl (C=O) groups excluding carboxylic acids is 1. The van der Waals surface area contributed by atoms with E-state index in [-0.39, 0.29) is 6.29 Å². The molecule has 78 valence electrons. The van der Waals surface area contributed by atoms with Crippen molar-refractivity contribution in [1.29, 1.82) is 0 Å². The van der Waals surface area contributed by atoms with Crippen LogP contribution >= 0.6 is 0 Å². The minimum absolute atomic E-state index is 0.0956. The van der Waals surface area contributed by atoms with Gasteiger partial charge in [-0.25, -0.2) is 0 Å². The maximum Gasteiger partial charge on any atom is 0.423 e. The molecule has 0 fully saturated rings. The fourth-order valence-electron chi connectivity index (χ4n) is 1.06. The Morgan fingerprint density at radius 1 is 1.50 bits per heavy atom. The Bertz CT molecular complexity index is 357. The highest BCUT2D eigenvalue weighted by Gasteiger charge is 2.40. The molecule has 0 aliphatic rings. The standard InChI is InChI=1S/C7H7F3N2O2/c1-12-4(3-13)5(7(8,9)10)6(11-12)14-2/h3H,1-2H3. The normalized spacial score (nSPS) is 11.5. The van der Waals surface area contributed by atoms with Gasteiger partial charge in [0, 0.05) is 7.05 Å². The van der Waals surface area contributed by atoms with Crippen LogP contribution in [-0.2, 0) is 13.2 Å². The molecule has 0 aliphatic heterocycles. The Kier molecular flexibility index (Phi) is 2.50. The lowest BCUT2D eigenvalue weighted by Crippen LogP contribution is -2.10. The largest absolute Gasteiger partial charge is 0.479 e. The Morgan fingerprint density at radius 3 is 2.43 bits per heavy atom. The molecule has 14 heavy (non-hydrogen) atoms. The molecular weight excluding hydrogens is 201 g/mol. The predicted octanol–water partition coefficient (Wildman–Crippen LogP) is 1.26. The summed E-state index contributed by atoms with van der Waals surface area (Å²) >= 11 is 0. The van der Waals surface area contributed by atoms with Crippen LogP contribution in [0.5, 0.6) is 5.88 Å². The Labute approximate surface area is 77.3 Å². The number of halogens is 3. The van der Waals surface area contributed by atoms with Gasteiger partial charge in [0.15, 0.2) is 6.29 Å². The van der Waals surface area contributed by atoms with Crippen molar-refractivity contribution in [2.24, 2.45) is 7.05 Å². The van der Waals surface area contributed by atoms with E-state index in [9.17, 15) is 18.0 Å². The number of aryl methyl sites for hydroxylation is 1. The van der Waals surface area contributed by atoms with Gasteiger partial charge in [0.25, 0.3) is 0 Å².